The third-order valence-electron chi connectivity index (χ3n) is 5.11. The van der Waals surface area contributed by atoms with Crippen LogP contribution in [0.25, 0.3) is 16.9 Å². The molecule has 1 fully saturated rings. The van der Waals surface area contributed by atoms with Crippen molar-refractivity contribution in [3.63, 3.8) is 0 Å². The molecule has 0 N–H and O–H groups in total. The fourth-order valence-electron chi connectivity index (χ4n) is 3.46. The molecular formula is C20H22N6O. The van der Waals surface area contributed by atoms with E-state index >= 15 is 0 Å². The number of hydrogen-bond donors (Lipinski definition) is 0. The summed E-state index contributed by atoms with van der Waals surface area (Å²) in [5, 5.41) is 7.58. The predicted molar refractivity (Wildman–Crippen MR) is 103 cm³/mol. The quantitative estimate of drug-likeness (QED) is 0.711. The fraction of sp³-hybridized carbons (Fsp3) is 0.300. The first kappa shape index (κ1) is 17.4. The van der Waals surface area contributed by atoms with Crippen molar-refractivity contribution < 1.29 is 4.79 Å². The highest BCUT2D eigenvalue weighted by atomic mass is 16.2. The average Bonchev–Trinajstić information content (AvgIpc) is 3.39. The number of benzene rings is 1. The Morgan fingerprint density at radius 2 is 1.96 bits per heavy atom. The topological polar surface area (TPSA) is 67.2 Å². The van der Waals surface area contributed by atoms with Gasteiger partial charge >= 0.3 is 0 Å². The lowest BCUT2D eigenvalue weighted by molar-refractivity contribution is 0.0737. The van der Waals surface area contributed by atoms with Gasteiger partial charge in [0.15, 0.2) is 0 Å². The van der Waals surface area contributed by atoms with Crippen LogP contribution in [-0.2, 0) is 0 Å². The van der Waals surface area contributed by atoms with Crippen molar-refractivity contribution in [2.45, 2.75) is 12.5 Å². The van der Waals surface area contributed by atoms with E-state index in [1.165, 1.54) is 0 Å². The second-order valence-corrected chi connectivity index (χ2v) is 6.98. The number of amides is 1. The molecule has 1 aromatic carbocycles. The highest BCUT2D eigenvalue weighted by molar-refractivity contribution is 5.95. The van der Waals surface area contributed by atoms with E-state index in [0.29, 0.717) is 5.56 Å². The van der Waals surface area contributed by atoms with E-state index in [2.05, 4.69) is 27.1 Å². The summed E-state index contributed by atoms with van der Waals surface area (Å²) in [7, 11) is 3.99. The van der Waals surface area contributed by atoms with Crippen LogP contribution >= 0.6 is 0 Å². The van der Waals surface area contributed by atoms with Crippen LogP contribution in [0.5, 0.6) is 0 Å². The summed E-state index contributed by atoms with van der Waals surface area (Å²) in [6.45, 7) is 1.96. The molecule has 1 aliphatic rings. The molecule has 1 unspecified atom stereocenters. The zero-order valence-electron chi connectivity index (χ0n) is 15.5. The third-order valence-corrected chi connectivity index (χ3v) is 5.11. The fourth-order valence-corrected chi connectivity index (χ4v) is 3.46. The first-order valence-corrected chi connectivity index (χ1v) is 8.99. The molecule has 1 atom stereocenters. The summed E-state index contributed by atoms with van der Waals surface area (Å²) < 4.78 is 1.75. The van der Waals surface area contributed by atoms with E-state index in [-0.39, 0.29) is 11.9 Å². The molecule has 3 heterocycles. The van der Waals surface area contributed by atoms with Gasteiger partial charge in [-0.1, -0.05) is 12.1 Å². The van der Waals surface area contributed by atoms with Crippen molar-refractivity contribution >= 4 is 5.91 Å². The van der Waals surface area contributed by atoms with Crippen LogP contribution in [0.3, 0.4) is 0 Å². The third kappa shape index (κ3) is 3.59. The van der Waals surface area contributed by atoms with Crippen molar-refractivity contribution in [1.82, 2.24) is 29.5 Å². The van der Waals surface area contributed by atoms with Gasteiger partial charge in [-0.05, 0) is 49.8 Å². The SMILES string of the molecule is CN1CCC(N(C)C(=O)c2cccc(-c3ccc(-n4cnnc4)nc3)c2)C1. The molecule has 27 heavy (non-hydrogen) atoms. The average molecular weight is 362 g/mol. The van der Waals surface area contributed by atoms with Crippen molar-refractivity contribution in [2.75, 3.05) is 27.2 Å². The molecule has 0 spiro atoms. The van der Waals surface area contributed by atoms with E-state index in [0.717, 1.165) is 36.5 Å². The van der Waals surface area contributed by atoms with Crippen LogP contribution in [0.2, 0.25) is 0 Å². The molecule has 0 saturated carbocycles. The smallest absolute Gasteiger partial charge is 0.253 e. The monoisotopic (exact) mass is 362 g/mol. The molecule has 4 rings (SSSR count). The Balaban J connectivity index is 1.54. The number of aromatic nitrogens is 4. The predicted octanol–water partition coefficient (Wildman–Crippen LogP) is 2.11. The normalized spacial score (nSPS) is 17.2. The molecule has 1 saturated heterocycles. The summed E-state index contributed by atoms with van der Waals surface area (Å²) in [5.74, 6) is 0.812. The molecular weight excluding hydrogens is 340 g/mol. The van der Waals surface area contributed by atoms with Gasteiger partial charge in [-0.2, -0.15) is 0 Å². The lowest BCUT2D eigenvalue weighted by Gasteiger charge is -2.24. The number of likely N-dealkylation sites (N-methyl/N-ethyl adjacent to an activating group) is 2. The number of likely N-dealkylation sites (tertiary alicyclic amines) is 1. The lowest BCUT2D eigenvalue weighted by Crippen LogP contribution is -2.38. The first-order chi connectivity index (χ1) is 13.1. The maximum atomic E-state index is 12.9. The van der Waals surface area contributed by atoms with Gasteiger partial charge in [0.25, 0.3) is 5.91 Å². The highest BCUT2D eigenvalue weighted by Crippen LogP contribution is 2.22. The molecule has 3 aromatic rings. The summed E-state index contributed by atoms with van der Waals surface area (Å²) in [6, 6.07) is 11.9. The van der Waals surface area contributed by atoms with Gasteiger partial charge in [0.05, 0.1) is 0 Å². The maximum Gasteiger partial charge on any atom is 0.253 e. The minimum atomic E-state index is 0.0613. The van der Waals surface area contributed by atoms with Gasteiger partial charge < -0.3 is 9.80 Å². The highest BCUT2D eigenvalue weighted by Gasteiger charge is 2.27. The van der Waals surface area contributed by atoms with Crippen LogP contribution in [-0.4, -0.2) is 68.7 Å². The number of hydrogen-bond acceptors (Lipinski definition) is 5. The van der Waals surface area contributed by atoms with E-state index in [1.807, 2.05) is 48.3 Å². The Morgan fingerprint density at radius 1 is 1.15 bits per heavy atom. The van der Waals surface area contributed by atoms with Gasteiger partial charge in [-0.15, -0.1) is 10.2 Å². The van der Waals surface area contributed by atoms with Crippen molar-refractivity contribution in [3.05, 3.63) is 60.8 Å². The van der Waals surface area contributed by atoms with E-state index in [9.17, 15) is 4.79 Å². The molecule has 2 aromatic heterocycles. The van der Waals surface area contributed by atoms with Crippen molar-refractivity contribution in [1.29, 1.82) is 0 Å². The number of nitrogens with zero attached hydrogens (tertiary/aromatic N) is 6. The molecule has 138 valence electrons. The standard InChI is InChI=1S/C20H22N6O/c1-24-9-8-18(12-24)25(2)20(27)16-5-3-4-15(10-16)17-6-7-19(21-11-17)26-13-22-23-14-26/h3-7,10-11,13-14,18H,8-9,12H2,1-2H3. The molecule has 7 heteroatoms. The number of rotatable bonds is 4. The van der Waals surface area contributed by atoms with E-state index < -0.39 is 0 Å². The molecule has 7 nitrogen and oxygen atoms in total. The zero-order chi connectivity index (χ0) is 18.8. The summed E-state index contributed by atoms with van der Waals surface area (Å²) >= 11 is 0. The number of pyridine rings is 1. The second kappa shape index (κ2) is 7.28. The second-order valence-electron chi connectivity index (χ2n) is 6.98. The summed E-state index contributed by atoms with van der Waals surface area (Å²) in [6.07, 6.45) is 6.04. The lowest BCUT2D eigenvalue weighted by atomic mass is 10.0. The van der Waals surface area contributed by atoms with Gasteiger partial charge in [-0.25, -0.2) is 4.98 Å². The van der Waals surface area contributed by atoms with E-state index in [4.69, 9.17) is 0 Å². The first-order valence-electron chi connectivity index (χ1n) is 8.99. The van der Waals surface area contributed by atoms with Crippen LogP contribution in [0.1, 0.15) is 16.8 Å². The molecule has 0 aliphatic carbocycles. The minimum Gasteiger partial charge on any atom is -0.337 e. The van der Waals surface area contributed by atoms with Gasteiger partial charge in [-0.3, -0.25) is 9.36 Å². The Kier molecular flexibility index (Phi) is 4.68. The number of carbonyl (C=O) groups is 1. The van der Waals surface area contributed by atoms with E-state index in [1.54, 1.807) is 23.4 Å². The van der Waals surface area contributed by atoms with Gasteiger partial charge in [0.1, 0.15) is 18.5 Å². The Morgan fingerprint density at radius 3 is 2.63 bits per heavy atom. The van der Waals surface area contributed by atoms with Crippen LogP contribution in [0, 0.1) is 0 Å². The van der Waals surface area contributed by atoms with Crippen LogP contribution < -0.4 is 0 Å². The summed E-state index contributed by atoms with van der Waals surface area (Å²) in [4.78, 5) is 21.5. The maximum absolute atomic E-state index is 12.9. The van der Waals surface area contributed by atoms with Gasteiger partial charge in [0, 0.05) is 37.0 Å². The van der Waals surface area contributed by atoms with Gasteiger partial charge in [0.2, 0.25) is 0 Å². The molecule has 1 aliphatic heterocycles. The largest absolute Gasteiger partial charge is 0.337 e. The Hall–Kier alpha value is -3.06. The molecule has 1 amide bonds. The Labute approximate surface area is 158 Å². The molecule has 0 radical (unpaired) electrons. The van der Waals surface area contributed by atoms with Crippen molar-refractivity contribution in [2.24, 2.45) is 0 Å². The minimum absolute atomic E-state index is 0.0613. The van der Waals surface area contributed by atoms with Crippen LogP contribution in [0.4, 0.5) is 0 Å². The Bertz CT molecular complexity index is 922. The summed E-state index contributed by atoms with van der Waals surface area (Å²) in [5.41, 5.74) is 2.64. The molecule has 0 bridgehead atoms. The number of carbonyl (C=O) groups excluding carboxylic acids is 1. The van der Waals surface area contributed by atoms with Crippen molar-refractivity contribution in [3.8, 4) is 16.9 Å². The van der Waals surface area contributed by atoms with Crippen LogP contribution in [0.15, 0.2) is 55.2 Å². The zero-order valence-corrected chi connectivity index (χ0v) is 15.5.